The predicted molar refractivity (Wildman–Crippen MR) is 108 cm³/mol. The standard InChI is InChI=1S/C22H37NO6/c1-5-26-19(24)15-28-18-10-17(11-18)27-14-16-12-22(13-16)6-8-23(9-7-22)20(25)29-21(2,3)4/h16-18H,5-15H2,1-4H3. The molecule has 0 aromatic rings. The smallest absolute Gasteiger partial charge is 0.410 e. The summed E-state index contributed by atoms with van der Waals surface area (Å²) in [4.78, 5) is 25.3. The number of hydrogen-bond acceptors (Lipinski definition) is 6. The predicted octanol–water partition coefficient (Wildman–Crippen LogP) is 3.54. The number of carbonyl (C=O) groups excluding carboxylic acids is 2. The summed E-state index contributed by atoms with van der Waals surface area (Å²) < 4.78 is 21.9. The zero-order valence-corrected chi connectivity index (χ0v) is 18.4. The van der Waals surface area contributed by atoms with Gasteiger partial charge in [0.25, 0.3) is 0 Å². The van der Waals surface area contributed by atoms with Crippen LogP contribution in [-0.2, 0) is 23.7 Å². The maximum absolute atomic E-state index is 12.2. The zero-order chi connectivity index (χ0) is 21.1. The van der Waals surface area contributed by atoms with Gasteiger partial charge in [0.1, 0.15) is 12.2 Å². The SMILES string of the molecule is CCOC(=O)COC1CC(OCC2CC3(CCN(C(=O)OC(C)(C)C)CC3)C2)C1. The van der Waals surface area contributed by atoms with Gasteiger partial charge in [0.05, 0.1) is 18.8 Å². The third kappa shape index (κ3) is 6.32. The largest absolute Gasteiger partial charge is 0.464 e. The molecule has 1 saturated heterocycles. The number of nitrogens with zero attached hydrogens (tertiary/aromatic N) is 1. The fraction of sp³-hybridized carbons (Fsp3) is 0.909. The second-order valence-electron chi connectivity index (χ2n) is 9.91. The maximum Gasteiger partial charge on any atom is 0.410 e. The van der Waals surface area contributed by atoms with Crippen LogP contribution in [-0.4, -0.2) is 67.7 Å². The van der Waals surface area contributed by atoms with E-state index in [0.717, 1.165) is 45.4 Å². The van der Waals surface area contributed by atoms with E-state index in [9.17, 15) is 9.59 Å². The molecule has 0 N–H and O–H groups in total. The van der Waals surface area contributed by atoms with E-state index >= 15 is 0 Å². The number of amides is 1. The van der Waals surface area contributed by atoms with E-state index in [1.165, 1.54) is 12.8 Å². The number of carbonyl (C=O) groups is 2. The zero-order valence-electron chi connectivity index (χ0n) is 18.4. The molecule has 2 aliphatic carbocycles. The van der Waals surface area contributed by atoms with Crippen LogP contribution < -0.4 is 0 Å². The quantitative estimate of drug-likeness (QED) is 0.597. The van der Waals surface area contributed by atoms with Crippen LogP contribution in [0.15, 0.2) is 0 Å². The summed E-state index contributed by atoms with van der Waals surface area (Å²) in [5.74, 6) is 0.330. The van der Waals surface area contributed by atoms with Gasteiger partial charge in [-0.3, -0.25) is 0 Å². The molecule has 3 aliphatic rings. The molecule has 1 aliphatic heterocycles. The van der Waals surface area contributed by atoms with Crippen molar-refractivity contribution in [2.24, 2.45) is 11.3 Å². The van der Waals surface area contributed by atoms with Crippen LogP contribution in [0.3, 0.4) is 0 Å². The molecule has 29 heavy (non-hydrogen) atoms. The van der Waals surface area contributed by atoms with Crippen LogP contribution in [0.4, 0.5) is 4.79 Å². The first kappa shape index (κ1) is 22.3. The molecule has 1 heterocycles. The molecule has 7 nitrogen and oxygen atoms in total. The van der Waals surface area contributed by atoms with Crippen LogP contribution in [0.2, 0.25) is 0 Å². The molecule has 0 radical (unpaired) electrons. The molecule has 1 amide bonds. The first-order chi connectivity index (χ1) is 13.7. The van der Waals surface area contributed by atoms with Gasteiger partial charge in [0.15, 0.2) is 0 Å². The van der Waals surface area contributed by atoms with Crippen LogP contribution in [0.25, 0.3) is 0 Å². The summed E-state index contributed by atoms with van der Waals surface area (Å²) in [6.45, 7) is 10.3. The Morgan fingerprint density at radius 1 is 1.03 bits per heavy atom. The van der Waals surface area contributed by atoms with Crippen molar-refractivity contribution in [3.05, 3.63) is 0 Å². The Hall–Kier alpha value is -1.34. The number of esters is 1. The Morgan fingerprint density at radius 2 is 1.66 bits per heavy atom. The van der Waals surface area contributed by atoms with Crippen molar-refractivity contribution in [2.75, 3.05) is 32.9 Å². The molecule has 0 aromatic carbocycles. The lowest BCUT2D eigenvalue weighted by Crippen LogP contribution is -2.50. The lowest BCUT2D eigenvalue weighted by atomic mass is 9.58. The van der Waals surface area contributed by atoms with Crippen LogP contribution >= 0.6 is 0 Å². The number of ether oxygens (including phenoxy) is 4. The highest BCUT2D eigenvalue weighted by molar-refractivity contribution is 5.70. The lowest BCUT2D eigenvalue weighted by Gasteiger charge is -2.52. The summed E-state index contributed by atoms with van der Waals surface area (Å²) in [7, 11) is 0. The second-order valence-corrected chi connectivity index (χ2v) is 9.91. The molecule has 0 unspecified atom stereocenters. The Balaban J connectivity index is 1.25. The van der Waals surface area contributed by atoms with Gasteiger partial charge < -0.3 is 23.8 Å². The fourth-order valence-electron chi connectivity index (χ4n) is 4.63. The van der Waals surface area contributed by atoms with Crippen LogP contribution in [0, 0.1) is 11.3 Å². The van der Waals surface area contributed by atoms with Gasteiger partial charge >= 0.3 is 12.1 Å². The average Bonchev–Trinajstić information content (AvgIpc) is 2.57. The second kappa shape index (κ2) is 9.21. The minimum absolute atomic E-state index is 0.0384. The van der Waals surface area contributed by atoms with Gasteiger partial charge in [-0.1, -0.05) is 0 Å². The van der Waals surface area contributed by atoms with Gasteiger partial charge in [-0.05, 0) is 77.6 Å². The van der Waals surface area contributed by atoms with Crippen molar-refractivity contribution >= 4 is 12.1 Å². The maximum atomic E-state index is 12.2. The summed E-state index contributed by atoms with van der Waals surface area (Å²) >= 11 is 0. The van der Waals surface area contributed by atoms with Crippen molar-refractivity contribution in [2.45, 2.75) is 84.0 Å². The Kier molecular flexibility index (Phi) is 7.10. The Labute approximate surface area is 174 Å². The van der Waals surface area contributed by atoms with Gasteiger partial charge in [-0.15, -0.1) is 0 Å². The third-order valence-electron chi connectivity index (χ3n) is 6.28. The summed E-state index contributed by atoms with van der Waals surface area (Å²) in [5, 5.41) is 0. The van der Waals surface area contributed by atoms with Crippen molar-refractivity contribution in [1.29, 1.82) is 0 Å². The minimum atomic E-state index is -0.435. The average molecular weight is 412 g/mol. The van der Waals surface area contributed by atoms with Crippen molar-refractivity contribution in [3.8, 4) is 0 Å². The topological polar surface area (TPSA) is 74.3 Å². The number of hydrogen-bond donors (Lipinski definition) is 0. The first-order valence-electron chi connectivity index (χ1n) is 11.0. The molecule has 7 heteroatoms. The third-order valence-corrected chi connectivity index (χ3v) is 6.28. The van der Waals surface area contributed by atoms with E-state index in [1.807, 2.05) is 25.7 Å². The highest BCUT2D eigenvalue weighted by Gasteiger charge is 2.47. The molecule has 0 atom stereocenters. The van der Waals surface area contributed by atoms with E-state index in [0.29, 0.717) is 17.9 Å². The minimum Gasteiger partial charge on any atom is -0.464 e. The molecule has 0 aromatic heterocycles. The molecule has 166 valence electrons. The molecule has 1 spiro atoms. The van der Waals surface area contributed by atoms with E-state index in [1.54, 1.807) is 6.92 Å². The molecule has 3 rings (SSSR count). The van der Waals surface area contributed by atoms with Crippen LogP contribution in [0.5, 0.6) is 0 Å². The summed E-state index contributed by atoms with van der Waals surface area (Å²) in [5.41, 5.74) is -0.0348. The Morgan fingerprint density at radius 3 is 2.24 bits per heavy atom. The fourth-order valence-corrected chi connectivity index (χ4v) is 4.63. The van der Waals surface area contributed by atoms with Gasteiger partial charge in [-0.2, -0.15) is 0 Å². The van der Waals surface area contributed by atoms with Crippen LogP contribution in [0.1, 0.15) is 66.2 Å². The highest BCUT2D eigenvalue weighted by atomic mass is 16.6. The summed E-state index contributed by atoms with van der Waals surface area (Å²) in [6, 6.07) is 0. The molecule has 3 fully saturated rings. The number of likely N-dealkylation sites (tertiary alicyclic amines) is 1. The number of rotatable bonds is 7. The van der Waals surface area contributed by atoms with E-state index in [4.69, 9.17) is 18.9 Å². The van der Waals surface area contributed by atoms with Gasteiger partial charge in [0.2, 0.25) is 0 Å². The summed E-state index contributed by atoms with van der Waals surface area (Å²) in [6.07, 6.45) is 6.45. The molecular weight excluding hydrogens is 374 g/mol. The molecule has 0 bridgehead atoms. The molecular formula is C22H37NO6. The van der Waals surface area contributed by atoms with Gasteiger partial charge in [-0.25, -0.2) is 9.59 Å². The van der Waals surface area contributed by atoms with Crippen molar-refractivity contribution in [3.63, 3.8) is 0 Å². The number of piperidine rings is 1. The van der Waals surface area contributed by atoms with Crippen molar-refractivity contribution < 1.29 is 28.5 Å². The molecule has 2 saturated carbocycles. The Bertz CT molecular complexity index is 564. The van der Waals surface area contributed by atoms with E-state index in [2.05, 4.69) is 0 Å². The van der Waals surface area contributed by atoms with Crippen molar-refractivity contribution in [1.82, 2.24) is 4.90 Å². The normalized spacial score (nSPS) is 26.6. The monoisotopic (exact) mass is 411 g/mol. The first-order valence-corrected chi connectivity index (χ1v) is 11.0. The lowest BCUT2D eigenvalue weighted by molar-refractivity contribution is -0.160. The van der Waals surface area contributed by atoms with E-state index in [-0.39, 0.29) is 30.9 Å². The highest BCUT2D eigenvalue weighted by Crippen LogP contribution is 2.52. The van der Waals surface area contributed by atoms with Gasteiger partial charge in [0, 0.05) is 19.7 Å². The van der Waals surface area contributed by atoms with E-state index < -0.39 is 5.60 Å².